The van der Waals surface area contributed by atoms with Crippen LogP contribution in [0.3, 0.4) is 0 Å². The Balaban J connectivity index is 1.60. The van der Waals surface area contributed by atoms with E-state index in [1.54, 1.807) is 0 Å². The Kier molecular flexibility index (Phi) is 4.09. The number of ether oxygens (including phenoxy) is 1. The van der Waals surface area contributed by atoms with E-state index in [4.69, 9.17) is 27.9 Å². The summed E-state index contributed by atoms with van der Waals surface area (Å²) in [6.07, 6.45) is 1.94. The first-order valence-electron chi connectivity index (χ1n) is 8.73. The van der Waals surface area contributed by atoms with Crippen LogP contribution in [0.1, 0.15) is 29.0 Å². The molecule has 3 aromatic rings. The molecule has 0 fully saturated rings. The number of fused-ring (bicyclic) bond motifs is 3. The molecule has 1 N–H and O–H groups in total. The minimum absolute atomic E-state index is 0.0170. The van der Waals surface area contributed by atoms with Crippen molar-refractivity contribution in [2.75, 3.05) is 0 Å². The minimum Gasteiger partial charge on any atom is -0.469 e. The van der Waals surface area contributed by atoms with Crippen LogP contribution in [0.25, 0.3) is 5.70 Å². The molecule has 134 valence electrons. The first-order valence-corrected chi connectivity index (χ1v) is 9.48. The maximum absolute atomic E-state index is 6.34. The molecule has 0 unspecified atom stereocenters. The smallest absolute Gasteiger partial charge is 0.195 e. The third kappa shape index (κ3) is 2.98. The Morgan fingerprint density at radius 3 is 2.37 bits per heavy atom. The lowest BCUT2D eigenvalue weighted by atomic mass is 10.0. The molecular formula is C22H16Cl2N2O. The zero-order valence-corrected chi connectivity index (χ0v) is 15.8. The van der Waals surface area contributed by atoms with Crippen LogP contribution in [0.15, 0.2) is 78.9 Å². The summed E-state index contributed by atoms with van der Waals surface area (Å²) in [5.74, 6) is 0.841. The van der Waals surface area contributed by atoms with Gasteiger partial charge in [0.05, 0.1) is 11.7 Å². The van der Waals surface area contributed by atoms with Gasteiger partial charge >= 0.3 is 0 Å². The van der Waals surface area contributed by atoms with Crippen molar-refractivity contribution in [3.63, 3.8) is 0 Å². The molecule has 0 spiro atoms. The van der Waals surface area contributed by atoms with E-state index < -0.39 is 0 Å². The molecule has 0 bridgehead atoms. The molecule has 2 heterocycles. The van der Waals surface area contributed by atoms with Crippen LogP contribution in [-0.2, 0) is 0 Å². The van der Waals surface area contributed by atoms with Crippen LogP contribution in [0.2, 0.25) is 10.0 Å². The number of rotatable bonds is 2. The van der Waals surface area contributed by atoms with Crippen LogP contribution < -0.4 is 10.2 Å². The first-order chi connectivity index (χ1) is 13.2. The molecule has 0 amide bonds. The van der Waals surface area contributed by atoms with Gasteiger partial charge in [-0.15, -0.1) is 0 Å². The topological polar surface area (TPSA) is 24.5 Å². The lowest BCUT2D eigenvalue weighted by Gasteiger charge is -2.39. The van der Waals surface area contributed by atoms with Crippen LogP contribution in [-0.4, -0.2) is 5.01 Å². The van der Waals surface area contributed by atoms with Gasteiger partial charge in [0, 0.05) is 21.2 Å². The van der Waals surface area contributed by atoms with Crippen LogP contribution in [0, 0.1) is 0 Å². The summed E-state index contributed by atoms with van der Waals surface area (Å²) in [5, 5.41) is 3.52. The van der Waals surface area contributed by atoms with Crippen molar-refractivity contribution in [2.45, 2.75) is 12.3 Å². The van der Waals surface area contributed by atoms with E-state index in [0.717, 1.165) is 28.1 Å². The van der Waals surface area contributed by atoms with E-state index in [9.17, 15) is 0 Å². The van der Waals surface area contributed by atoms with Gasteiger partial charge < -0.3 is 10.2 Å². The third-order valence-electron chi connectivity index (χ3n) is 4.90. The third-order valence-corrected chi connectivity index (χ3v) is 5.38. The maximum Gasteiger partial charge on any atom is 0.195 e. The van der Waals surface area contributed by atoms with Crippen molar-refractivity contribution >= 4 is 28.9 Å². The molecule has 2 aliphatic heterocycles. The quantitative estimate of drug-likeness (QED) is 0.577. The van der Waals surface area contributed by atoms with Gasteiger partial charge in [-0.1, -0.05) is 65.7 Å². The molecule has 2 aliphatic rings. The second kappa shape index (κ2) is 6.61. The summed E-state index contributed by atoms with van der Waals surface area (Å²) < 4.78 is 6.34. The lowest BCUT2D eigenvalue weighted by molar-refractivity contribution is -0.0326. The van der Waals surface area contributed by atoms with Crippen molar-refractivity contribution in [3.8, 4) is 5.75 Å². The highest BCUT2D eigenvalue weighted by Gasteiger charge is 2.40. The summed E-state index contributed by atoms with van der Waals surface area (Å²) in [7, 11) is 0. The Labute approximate surface area is 167 Å². The van der Waals surface area contributed by atoms with Crippen LogP contribution in [0.5, 0.6) is 5.75 Å². The highest BCUT2D eigenvalue weighted by molar-refractivity contribution is 6.30. The van der Waals surface area contributed by atoms with E-state index in [2.05, 4.69) is 28.6 Å². The normalized spacial score (nSPS) is 20.9. The maximum atomic E-state index is 6.34. The second-order valence-corrected chi connectivity index (χ2v) is 7.49. The van der Waals surface area contributed by atoms with Gasteiger partial charge in [0.25, 0.3) is 0 Å². The molecule has 0 saturated carbocycles. The molecular weight excluding hydrogens is 379 g/mol. The van der Waals surface area contributed by atoms with Crippen LogP contribution >= 0.6 is 23.2 Å². The van der Waals surface area contributed by atoms with Gasteiger partial charge in [-0.05, 0) is 42.0 Å². The fourth-order valence-electron chi connectivity index (χ4n) is 3.60. The number of benzene rings is 3. The Bertz CT molecular complexity index is 1020. The molecule has 27 heavy (non-hydrogen) atoms. The average Bonchev–Trinajstić information content (AvgIpc) is 3.15. The SMILES string of the molecule is Clc1ccc([C@H]2Oc3ccc(Cl)cc3[C@@H]3C=C(c4ccccc4)NN23)cc1. The van der Waals surface area contributed by atoms with Gasteiger partial charge in [-0.3, -0.25) is 0 Å². The van der Waals surface area contributed by atoms with E-state index in [1.165, 1.54) is 0 Å². The lowest BCUT2D eigenvalue weighted by Crippen LogP contribution is -2.43. The Morgan fingerprint density at radius 1 is 0.852 bits per heavy atom. The average molecular weight is 395 g/mol. The fraction of sp³-hybridized carbons (Fsp3) is 0.0909. The van der Waals surface area contributed by atoms with Gasteiger partial charge in [0.1, 0.15) is 5.75 Å². The molecule has 2 atom stereocenters. The predicted molar refractivity (Wildman–Crippen MR) is 108 cm³/mol. The molecule has 3 aromatic carbocycles. The summed E-state index contributed by atoms with van der Waals surface area (Å²) in [6.45, 7) is 0. The van der Waals surface area contributed by atoms with Crippen molar-refractivity contribution in [3.05, 3.63) is 106 Å². The van der Waals surface area contributed by atoms with Crippen molar-refractivity contribution in [1.82, 2.24) is 10.4 Å². The van der Waals surface area contributed by atoms with Crippen LogP contribution in [0.4, 0.5) is 0 Å². The highest BCUT2D eigenvalue weighted by atomic mass is 35.5. The number of hydrazine groups is 1. The van der Waals surface area contributed by atoms with Gasteiger partial charge in [-0.25, -0.2) is 0 Å². The summed E-state index contributed by atoms with van der Waals surface area (Å²) >= 11 is 12.3. The summed E-state index contributed by atoms with van der Waals surface area (Å²) in [5.41, 5.74) is 7.78. The Hall–Kier alpha value is -2.46. The van der Waals surface area contributed by atoms with Crippen molar-refractivity contribution < 1.29 is 4.74 Å². The molecule has 0 radical (unpaired) electrons. The van der Waals surface area contributed by atoms with Crippen molar-refractivity contribution in [1.29, 1.82) is 0 Å². The zero-order valence-electron chi connectivity index (χ0n) is 14.3. The van der Waals surface area contributed by atoms with Crippen molar-refractivity contribution in [2.24, 2.45) is 0 Å². The number of nitrogens with zero attached hydrogens (tertiary/aromatic N) is 1. The van der Waals surface area contributed by atoms with E-state index >= 15 is 0 Å². The summed E-state index contributed by atoms with van der Waals surface area (Å²) in [6, 6.07) is 23.8. The molecule has 0 aliphatic carbocycles. The number of hydrogen-bond donors (Lipinski definition) is 1. The Morgan fingerprint density at radius 2 is 1.59 bits per heavy atom. The summed E-state index contributed by atoms with van der Waals surface area (Å²) in [4.78, 5) is 0. The molecule has 0 saturated heterocycles. The zero-order chi connectivity index (χ0) is 18.4. The largest absolute Gasteiger partial charge is 0.469 e. The standard InChI is InChI=1S/C22H16Cl2N2O/c23-16-8-6-15(7-9-16)22-26-20(18-12-17(24)10-11-21(18)27-22)13-19(25-26)14-4-2-1-3-5-14/h1-13,20,22,25H/t20-,22+/m0/s1. The molecule has 3 nitrogen and oxygen atoms in total. The molecule has 5 heteroatoms. The molecule has 5 rings (SSSR count). The first kappa shape index (κ1) is 16.7. The monoisotopic (exact) mass is 394 g/mol. The van der Waals surface area contributed by atoms with E-state index in [1.807, 2.05) is 60.7 Å². The second-order valence-electron chi connectivity index (χ2n) is 6.61. The van der Waals surface area contributed by atoms with Gasteiger partial charge in [-0.2, -0.15) is 5.01 Å². The number of hydrogen-bond acceptors (Lipinski definition) is 3. The fourth-order valence-corrected chi connectivity index (χ4v) is 3.90. The number of nitrogens with one attached hydrogen (secondary N) is 1. The number of halogens is 2. The van der Waals surface area contributed by atoms with Gasteiger partial charge in [0.2, 0.25) is 0 Å². The molecule has 0 aromatic heterocycles. The van der Waals surface area contributed by atoms with E-state index in [-0.39, 0.29) is 12.3 Å². The highest BCUT2D eigenvalue weighted by Crippen LogP contribution is 2.46. The van der Waals surface area contributed by atoms with Gasteiger partial charge in [0.15, 0.2) is 6.23 Å². The minimum atomic E-state index is -0.279. The predicted octanol–water partition coefficient (Wildman–Crippen LogP) is 5.99. The van der Waals surface area contributed by atoms with E-state index in [0.29, 0.717) is 10.0 Å².